The lowest BCUT2D eigenvalue weighted by Gasteiger charge is -2.13. The lowest BCUT2D eigenvalue weighted by Crippen LogP contribution is -2.32. The first kappa shape index (κ1) is 16.1. The normalized spacial score (nSPS) is 12.6. The van der Waals surface area contributed by atoms with E-state index in [1.807, 2.05) is 18.2 Å². The monoisotopic (exact) mass is 319 g/mol. The fourth-order valence-electron chi connectivity index (χ4n) is 1.86. The van der Waals surface area contributed by atoms with Crippen molar-refractivity contribution in [1.29, 1.82) is 5.26 Å². The molecule has 2 rings (SSSR count). The molecule has 5 nitrogen and oxygen atoms in total. The summed E-state index contributed by atoms with van der Waals surface area (Å²) in [5.74, 6) is -0.762. The van der Waals surface area contributed by atoms with Crippen molar-refractivity contribution in [3.05, 3.63) is 65.5 Å². The molecule has 0 amide bonds. The Hall–Kier alpha value is -2.27. The van der Waals surface area contributed by atoms with E-state index in [1.165, 1.54) is 0 Å². The number of nitriles is 1. The third-order valence-electron chi connectivity index (χ3n) is 3.09. The van der Waals surface area contributed by atoms with Gasteiger partial charge in [-0.25, -0.2) is 17.5 Å². The van der Waals surface area contributed by atoms with E-state index >= 15 is 0 Å². The van der Waals surface area contributed by atoms with Crippen molar-refractivity contribution in [3.63, 3.8) is 0 Å². The summed E-state index contributed by atoms with van der Waals surface area (Å²) >= 11 is 0. The van der Waals surface area contributed by atoms with Crippen LogP contribution < -0.4 is 10.5 Å². The molecule has 0 aliphatic heterocycles. The highest BCUT2D eigenvalue weighted by molar-refractivity contribution is 7.89. The lowest BCUT2D eigenvalue weighted by atomic mass is 10.1. The molecular weight excluding hydrogens is 305 g/mol. The second kappa shape index (κ2) is 6.66. The van der Waals surface area contributed by atoms with Crippen molar-refractivity contribution in [2.45, 2.75) is 10.9 Å². The first-order valence-electron chi connectivity index (χ1n) is 6.44. The zero-order valence-corrected chi connectivity index (χ0v) is 12.3. The number of hydrogen-bond donors (Lipinski definition) is 2. The molecule has 3 N–H and O–H groups in total. The Morgan fingerprint density at radius 1 is 1.23 bits per heavy atom. The smallest absolute Gasteiger partial charge is 0.240 e. The Morgan fingerprint density at radius 2 is 1.91 bits per heavy atom. The average molecular weight is 319 g/mol. The maximum absolute atomic E-state index is 13.2. The zero-order chi connectivity index (χ0) is 16.2. The van der Waals surface area contributed by atoms with E-state index in [1.54, 1.807) is 18.2 Å². The Labute approximate surface area is 128 Å². The minimum atomic E-state index is -3.86. The molecule has 0 bridgehead atoms. The van der Waals surface area contributed by atoms with Gasteiger partial charge in [-0.2, -0.15) is 5.26 Å². The maximum Gasteiger partial charge on any atom is 0.240 e. The molecule has 0 aromatic heterocycles. The molecule has 22 heavy (non-hydrogen) atoms. The first-order chi connectivity index (χ1) is 10.4. The van der Waals surface area contributed by atoms with Gasteiger partial charge in [0.1, 0.15) is 11.9 Å². The minimum Gasteiger partial charge on any atom is -0.323 e. The van der Waals surface area contributed by atoms with Gasteiger partial charge in [0.05, 0.1) is 10.5 Å². The molecule has 0 aliphatic carbocycles. The molecule has 114 valence electrons. The largest absolute Gasteiger partial charge is 0.323 e. The molecule has 1 atom stereocenters. The van der Waals surface area contributed by atoms with Gasteiger partial charge in [0.2, 0.25) is 10.0 Å². The van der Waals surface area contributed by atoms with E-state index in [4.69, 9.17) is 11.0 Å². The van der Waals surface area contributed by atoms with Crippen LogP contribution in [0.15, 0.2) is 53.4 Å². The number of nitrogens with two attached hydrogens (primary N) is 1. The van der Waals surface area contributed by atoms with E-state index in [0.717, 1.165) is 23.8 Å². The Morgan fingerprint density at radius 3 is 2.55 bits per heavy atom. The van der Waals surface area contributed by atoms with Crippen LogP contribution in [0.1, 0.15) is 17.2 Å². The maximum atomic E-state index is 13.2. The fourth-order valence-corrected chi connectivity index (χ4v) is 2.94. The second-order valence-corrected chi connectivity index (χ2v) is 6.39. The molecule has 1 unspecified atom stereocenters. The summed E-state index contributed by atoms with van der Waals surface area (Å²) in [6.45, 7) is -0.00832. The Bertz CT molecular complexity index is 801. The average Bonchev–Trinajstić information content (AvgIpc) is 2.53. The molecule has 0 heterocycles. The lowest BCUT2D eigenvalue weighted by molar-refractivity contribution is 0.571. The molecule has 0 radical (unpaired) electrons. The van der Waals surface area contributed by atoms with Gasteiger partial charge in [0.15, 0.2) is 0 Å². The van der Waals surface area contributed by atoms with Crippen LogP contribution in [-0.2, 0) is 10.0 Å². The topological polar surface area (TPSA) is 96.0 Å². The molecule has 2 aromatic rings. The number of benzene rings is 2. The predicted molar refractivity (Wildman–Crippen MR) is 79.7 cm³/mol. The standard InChI is InChI=1S/C15H14FN3O2S/c16-14-7-6-13(8-12(14)9-17)22(20,21)19-10-15(18)11-4-2-1-3-5-11/h1-8,15,19H,10,18H2. The molecule has 0 aliphatic rings. The van der Waals surface area contributed by atoms with Crippen LogP contribution in [0, 0.1) is 17.1 Å². The van der Waals surface area contributed by atoms with Crippen molar-refractivity contribution in [2.24, 2.45) is 5.73 Å². The van der Waals surface area contributed by atoms with Crippen LogP contribution in [0.4, 0.5) is 4.39 Å². The molecule has 2 aromatic carbocycles. The van der Waals surface area contributed by atoms with Gasteiger partial charge in [-0.15, -0.1) is 0 Å². The zero-order valence-electron chi connectivity index (χ0n) is 11.5. The van der Waals surface area contributed by atoms with E-state index in [9.17, 15) is 12.8 Å². The van der Waals surface area contributed by atoms with Gasteiger partial charge >= 0.3 is 0 Å². The molecule has 0 saturated carbocycles. The van der Waals surface area contributed by atoms with Crippen LogP contribution >= 0.6 is 0 Å². The highest BCUT2D eigenvalue weighted by Crippen LogP contribution is 2.15. The third kappa shape index (κ3) is 3.68. The molecule has 0 fully saturated rings. The van der Waals surface area contributed by atoms with E-state index in [-0.39, 0.29) is 17.0 Å². The minimum absolute atomic E-state index is 0.00832. The van der Waals surface area contributed by atoms with E-state index in [0.29, 0.717) is 0 Å². The van der Waals surface area contributed by atoms with Crippen LogP contribution in [-0.4, -0.2) is 15.0 Å². The SMILES string of the molecule is N#Cc1cc(S(=O)(=O)NCC(N)c2ccccc2)ccc1F. The van der Waals surface area contributed by atoms with E-state index < -0.39 is 21.9 Å². The summed E-state index contributed by atoms with van der Waals surface area (Å²) in [5, 5.41) is 8.75. The van der Waals surface area contributed by atoms with Gasteiger partial charge in [-0.3, -0.25) is 0 Å². The Balaban J connectivity index is 2.13. The molecule has 0 spiro atoms. The first-order valence-corrected chi connectivity index (χ1v) is 7.92. The number of halogens is 1. The van der Waals surface area contributed by atoms with E-state index in [2.05, 4.69) is 4.72 Å². The quantitative estimate of drug-likeness (QED) is 0.876. The number of nitrogens with one attached hydrogen (secondary N) is 1. The molecule has 0 saturated heterocycles. The van der Waals surface area contributed by atoms with Crippen molar-refractivity contribution in [2.75, 3.05) is 6.54 Å². The summed E-state index contributed by atoms with van der Waals surface area (Å²) in [6, 6.07) is 13.2. The van der Waals surface area contributed by atoms with Crippen LogP contribution in [0.3, 0.4) is 0 Å². The number of sulfonamides is 1. The summed E-state index contributed by atoms with van der Waals surface area (Å²) in [5.41, 5.74) is 6.39. The van der Waals surface area contributed by atoms with Crippen LogP contribution in [0.2, 0.25) is 0 Å². The van der Waals surface area contributed by atoms with Crippen molar-refractivity contribution >= 4 is 10.0 Å². The van der Waals surface area contributed by atoms with Crippen molar-refractivity contribution in [1.82, 2.24) is 4.72 Å². The summed E-state index contributed by atoms with van der Waals surface area (Å²) < 4.78 is 39.9. The highest BCUT2D eigenvalue weighted by atomic mass is 32.2. The molecular formula is C15H14FN3O2S. The third-order valence-corrected chi connectivity index (χ3v) is 4.51. The van der Waals surface area contributed by atoms with Crippen molar-refractivity contribution < 1.29 is 12.8 Å². The highest BCUT2D eigenvalue weighted by Gasteiger charge is 2.17. The number of nitrogens with zero attached hydrogens (tertiary/aromatic N) is 1. The van der Waals surface area contributed by atoms with Gasteiger partial charge in [-0.1, -0.05) is 30.3 Å². The van der Waals surface area contributed by atoms with Crippen molar-refractivity contribution in [3.8, 4) is 6.07 Å². The van der Waals surface area contributed by atoms with Gasteiger partial charge < -0.3 is 5.73 Å². The van der Waals surface area contributed by atoms with Crippen LogP contribution in [0.25, 0.3) is 0 Å². The molecule has 7 heteroatoms. The summed E-state index contributed by atoms with van der Waals surface area (Å²) in [4.78, 5) is -0.175. The predicted octanol–water partition coefficient (Wildman–Crippen LogP) is 1.68. The Kier molecular flexibility index (Phi) is 4.88. The van der Waals surface area contributed by atoms with Gasteiger partial charge in [0.25, 0.3) is 0 Å². The second-order valence-electron chi connectivity index (χ2n) is 4.62. The number of hydrogen-bond acceptors (Lipinski definition) is 4. The van der Waals surface area contributed by atoms with Crippen LogP contribution in [0.5, 0.6) is 0 Å². The fraction of sp³-hybridized carbons (Fsp3) is 0.133. The van der Waals surface area contributed by atoms with Gasteiger partial charge in [-0.05, 0) is 23.8 Å². The summed E-state index contributed by atoms with van der Waals surface area (Å²) in [6.07, 6.45) is 0. The number of rotatable bonds is 5. The summed E-state index contributed by atoms with van der Waals surface area (Å²) in [7, 11) is -3.86. The van der Waals surface area contributed by atoms with Gasteiger partial charge in [0, 0.05) is 12.6 Å².